The van der Waals surface area contributed by atoms with Crippen molar-refractivity contribution >= 4 is 20.8 Å². The van der Waals surface area contributed by atoms with Gasteiger partial charge < -0.3 is 0 Å². The van der Waals surface area contributed by atoms with Crippen molar-refractivity contribution in [3.8, 4) is 0 Å². The molecule has 0 radical (unpaired) electrons. The van der Waals surface area contributed by atoms with Crippen LogP contribution >= 0.6 is 0 Å². The predicted octanol–water partition coefficient (Wildman–Crippen LogP) is 2.83. The number of sulfonamides is 1. The van der Waals surface area contributed by atoms with E-state index in [2.05, 4.69) is 9.71 Å². The highest BCUT2D eigenvalue weighted by Crippen LogP contribution is 2.31. The maximum atomic E-state index is 13.0. The molecule has 1 heterocycles. The lowest BCUT2D eigenvalue weighted by Crippen LogP contribution is -2.24. The summed E-state index contributed by atoms with van der Waals surface area (Å²) in [5.41, 5.74) is 1.09. The third-order valence-corrected chi connectivity index (χ3v) is 5.48. The largest absolute Gasteiger partial charge is 0.264 e. The van der Waals surface area contributed by atoms with E-state index in [4.69, 9.17) is 0 Å². The van der Waals surface area contributed by atoms with Crippen molar-refractivity contribution in [1.82, 2.24) is 4.72 Å². The Morgan fingerprint density at radius 1 is 1.19 bits per heavy atom. The smallest absolute Gasteiger partial charge is 0.264 e. The molecule has 112 valence electrons. The molecule has 1 fully saturated rings. The summed E-state index contributed by atoms with van der Waals surface area (Å²) in [6.45, 7) is 1.74. The Labute approximate surface area is 123 Å². The summed E-state index contributed by atoms with van der Waals surface area (Å²) >= 11 is 0. The lowest BCUT2D eigenvalue weighted by Gasteiger charge is -2.05. The van der Waals surface area contributed by atoms with Gasteiger partial charge in [-0.2, -0.15) is 0 Å². The summed E-state index contributed by atoms with van der Waals surface area (Å²) in [6.07, 6.45) is 4.29. The van der Waals surface area contributed by atoms with Crippen LogP contribution < -0.4 is 4.72 Å². The molecule has 1 aliphatic carbocycles. The fourth-order valence-electron chi connectivity index (χ4n) is 2.88. The van der Waals surface area contributed by atoms with Crippen molar-refractivity contribution in [3.63, 3.8) is 0 Å². The molecule has 1 aromatic rings. The van der Waals surface area contributed by atoms with Crippen LogP contribution in [0.3, 0.4) is 0 Å². The number of aliphatic imine (C=N–C) groups is 1. The van der Waals surface area contributed by atoms with Crippen molar-refractivity contribution in [2.75, 3.05) is 0 Å². The van der Waals surface area contributed by atoms with Crippen molar-refractivity contribution in [3.05, 3.63) is 41.2 Å². The number of rotatable bonds is 2. The standard InChI is InChI=1S/C15H17FN2O2S/c1-10-14(11-6-8-12(16)9-7-11)21(19,20)18-15(10)17-13-4-2-3-5-13/h6-9,13H,2-5H2,1H3,(H,17,18). The molecule has 0 atom stereocenters. The number of hydrogen-bond acceptors (Lipinski definition) is 3. The summed E-state index contributed by atoms with van der Waals surface area (Å²) in [7, 11) is -3.62. The van der Waals surface area contributed by atoms with Gasteiger partial charge in [-0.15, -0.1) is 0 Å². The van der Waals surface area contributed by atoms with Crippen molar-refractivity contribution in [1.29, 1.82) is 0 Å². The number of amidine groups is 1. The van der Waals surface area contributed by atoms with Crippen LogP contribution in [0.1, 0.15) is 38.2 Å². The number of nitrogens with zero attached hydrogens (tertiary/aromatic N) is 1. The quantitative estimate of drug-likeness (QED) is 0.913. The molecule has 2 aliphatic rings. The summed E-state index contributed by atoms with van der Waals surface area (Å²) < 4.78 is 40.1. The van der Waals surface area contributed by atoms with E-state index in [9.17, 15) is 12.8 Å². The molecular formula is C15H17FN2O2S. The van der Waals surface area contributed by atoms with Gasteiger partial charge in [0.2, 0.25) is 0 Å². The summed E-state index contributed by atoms with van der Waals surface area (Å²) in [4.78, 5) is 4.73. The van der Waals surface area contributed by atoms with Crippen LogP contribution in [0.15, 0.2) is 34.8 Å². The van der Waals surface area contributed by atoms with E-state index < -0.39 is 10.0 Å². The first-order chi connectivity index (χ1) is 9.97. The molecule has 0 spiro atoms. The van der Waals surface area contributed by atoms with Gasteiger partial charge in [0.1, 0.15) is 16.6 Å². The highest BCUT2D eigenvalue weighted by Gasteiger charge is 2.33. The van der Waals surface area contributed by atoms with Gasteiger partial charge in [-0.05, 0) is 37.5 Å². The van der Waals surface area contributed by atoms with Crippen LogP contribution in [-0.2, 0) is 10.0 Å². The molecule has 0 amide bonds. The van der Waals surface area contributed by atoms with E-state index >= 15 is 0 Å². The monoisotopic (exact) mass is 308 g/mol. The van der Waals surface area contributed by atoms with Crippen molar-refractivity contribution in [2.24, 2.45) is 4.99 Å². The first kappa shape index (κ1) is 14.3. The van der Waals surface area contributed by atoms with Crippen LogP contribution in [0.25, 0.3) is 4.91 Å². The molecule has 3 rings (SSSR count). The van der Waals surface area contributed by atoms with E-state index in [1.54, 1.807) is 6.92 Å². The fourth-order valence-corrected chi connectivity index (χ4v) is 4.38. The maximum absolute atomic E-state index is 13.0. The third kappa shape index (κ3) is 2.72. The van der Waals surface area contributed by atoms with Crippen LogP contribution in [0.5, 0.6) is 0 Å². The number of nitrogens with one attached hydrogen (secondary N) is 1. The molecule has 0 bridgehead atoms. The lowest BCUT2D eigenvalue weighted by molar-refractivity contribution is 0.603. The Balaban J connectivity index is 2.03. The normalized spacial score (nSPS) is 23.8. The summed E-state index contributed by atoms with van der Waals surface area (Å²) in [5.74, 6) is 0.0430. The minimum atomic E-state index is -3.62. The molecular weight excluding hydrogens is 291 g/mol. The zero-order chi connectivity index (χ0) is 15.0. The molecule has 0 aromatic heterocycles. The zero-order valence-electron chi connectivity index (χ0n) is 11.8. The molecule has 1 N–H and O–H groups in total. The summed E-state index contributed by atoms with van der Waals surface area (Å²) in [6, 6.07) is 5.68. The minimum Gasteiger partial charge on any atom is -0.264 e. The second-order valence-corrected chi connectivity index (χ2v) is 7.10. The lowest BCUT2D eigenvalue weighted by atomic mass is 10.1. The number of halogens is 1. The fraction of sp³-hybridized carbons (Fsp3) is 0.400. The van der Waals surface area contributed by atoms with Gasteiger partial charge in [-0.25, -0.2) is 12.8 Å². The van der Waals surface area contributed by atoms with Crippen LogP contribution in [-0.4, -0.2) is 20.3 Å². The predicted molar refractivity (Wildman–Crippen MR) is 80.7 cm³/mol. The Bertz CT molecular complexity index is 715. The van der Waals surface area contributed by atoms with Crippen LogP contribution in [0.4, 0.5) is 4.39 Å². The molecule has 4 nitrogen and oxygen atoms in total. The van der Waals surface area contributed by atoms with E-state index in [0.29, 0.717) is 17.0 Å². The Morgan fingerprint density at radius 2 is 1.81 bits per heavy atom. The van der Waals surface area contributed by atoms with E-state index in [0.717, 1.165) is 25.7 Å². The molecule has 1 aromatic carbocycles. The average molecular weight is 308 g/mol. The molecule has 0 saturated heterocycles. The molecule has 1 aliphatic heterocycles. The molecule has 0 unspecified atom stereocenters. The van der Waals surface area contributed by atoms with Crippen molar-refractivity contribution < 1.29 is 12.8 Å². The van der Waals surface area contributed by atoms with Gasteiger partial charge in [0.15, 0.2) is 0 Å². The first-order valence-corrected chi connectivity index (χ1v) is 8.53. The maximum Gasteiger partial charge on any atom is 0.264 e. The average Bonchev–Trinajstić information content (AvgIpc) is 2.99. The highest BCUT2D eigenvalue weighted by atomic mass is 32.2. The topological polar surface area (TPSA) is 58.5 Å². The summed E-state index contributed by atoms with van der Waals surface area (Å²) in [5, 5.41) is 0. The van der Waals surface area contributed by atoms with E-state index in [1.807, 2.05) is 0 Å². The first-order valence-electron chi connectivity index (χ1n) is 7.05. The van der Waals surface area contributed by atoms with Crippen LogP contribution in [0.2, 0.25) is 0 Å². The van der Waals surface area contributed by atoms with Gasteiger partial charge in [0.05, 0.1) is 6.04 Å². The van der Waals surface area contributed by atoms with E-state index in [1.165, 1.54) is 24.3 Å². The van der Waals surface area contributed by atoms with Gasteiger partial charge >= 0.3 is 0 Å². The Kier molecular flexibility index (Phi) is 3.57. The number of benzene rings is 1. The molecule has 1 saturated carbocycles. The molecule has 6 heteroatoms. The second-order valence-electron chi connectivity index (χ2n) is 5.48. The number of hydrogen-bond donors (Lipinski definition) is 1. The molecule has 21 heavy (non-hydrogen) atoms. The van der Waals surface area contributed by atoms with Crippen molar-refractivity contribution in [2.45, 2.75) is 38.6 Å². The van der Waals surface area contributed by atoms with E-state index in [-0.39, 0.29) is 16.8 Å². The Morgan fingerprint density at radius 3 is 2.43 bits per heavy atom. The Hall–Kier alpha value is -1.69. The van der Waals surface area contributed by atoms with Gasteiger partial charge in [0.25, 0.3) is 10.0 Å². The van der Waals surface area contributed by atoms with Gasteiger partial charge in [-0.1, -0.05) is 25.0 Å². The van der Waals surface area contributed by atoms with Crippen LogP contribution in [0, 0.1) is 5.82 Å². The van der Waals surface area contributed by atoms with Gasteiger partial charge in [0, 0.05) is 5.57 Å². The highest BCUT2D eigenvalue weighted by molar-refractivity contribution is 8.00. The van der Waals surface area contributed by atoms with Gasteiger partial charge in [-0.3, -0.25) is 9.71 Å². The zero-order valence-corrected chi connectivity index (χ0v) is 12.6. The second kappa shape index (κ2) is 5.26. The minimum absolute atomic E-state index is 0.194. The SMILES string of the molecule is CC1=C(c2ccc(F)cc2)S(=O)(=O)NC1=NC1CCCC1. The third-order valence-electron chi connectivity index (χ3n) is 3.94.